The fraction of sp³-hybridized carbons (Fsp3) is 0.211. The molecule has 2 aromatic heterocycles. The number of thiophene rings is 1. The van der Waals surface area contributed by atoms with Crippen LogP contribution in [0.1, 0.15) is 12.8 Å². The largest absolute Gasteiger partial charge is 0.283 e. The first-order valence-corrected chi connectivity index (χ1v) is 9.91. The normalized spacial score (nSPS) is 10.8. The quantitative estimate of drug-likeness (QED) is 0.253. The van der Waals surface area contributed by atoms with E-state index in [1.165, 1.54) is 35.2 Å². The minimum atomic E-state index is -0.313. The molecule has 4 nitrogen and oxygen atoms in total. The third kappa shape index (κ3) is 3.71. The van der Waals surface area contributed by atoms with Gasteiger partial charge in [-0.15, -0.1) is 17.9 Å². The summed E-state index contributed by atoms with van der Waals surface area (Å²) >= 11 is 2.88. The Bertz CT molecular complexity index is 1030. The summed E-state index contributed by atoms with van der Waals surface area (Å²) in [6, 6.07) is 8.21. The Morgan fingerprint density at radius 3 is 2.85 bits per heavy atom. The van der Waals surface area contributed by atoms with E-state index in [1.54, 1.807) is 22.8 Å². The second-order valence-electron chi connectivity index (χ2n) is 5.55. The standard InChI is InChI=1S/C19H16FN3OS2/c1-2-10-23-18(24)16-15(13-5-7-14(20)8-6-13)12-26-17(16)22-19(23)25-11-4-3-9-21/h2,5-8,12H,1,3-4,10-11H2. The molecule has 0 aliphatic rings. The van der Waals surface area contributed by atoms with Crippen LogP contribution < -0.4 is 5.56 Å². The topological polar surface area (TPSA) is 58.7 Å². The highest BCUT2D eigenvalue weighted by atomic mass is 32.2. The number of nitrogens with zero attached hydrogens (tertiary/aromatic N) is 3. The van der Waals surface area contributed by atoms with Crippen LogP contribution in [0.15, 0.2) is 52.3 Å². The van der Waals surface area contributed by atoms with Crippen LogP contribution in [0.25, 0.3) is 21.3 Å². The van der Waals surface area contributed by atoms with E-state index in [9.17, 15) is 9.18 Å². The number of hydrogen-bond donors (Lipinski definition) is 0. The summed E-state index contributed by atoms with van der Waals surface area (Å²) < 4.78 is 14.8. The van der Waals surface area contributed by atoms with Crippen molar-refractivity contribution in [3.63, 3.8) is 0 Å². The van der Waals surface area contributed by atoms with Crippen LogP contribution in [0.3, 0.4) is 0 Å². The number of rotatable bonds is 7. The number of aromatic nitrogens is 2. The molecule has 132 valence electrons. The van der Waals surface area contributed by atoms with Crippen molar-refractivity contribution in [3.05, 3.63) is 58.5 Å². The van der Waals surface area contributed by atoms with Gasteiger partial charge in [0.25, 0.3) is 5.56 Å². The van der Waals surface area contributed by atoms with Crippen molar-refractivity contribution in [1.29, 1.82) is 5.26 Å². The van der Waals surface area contributed by atoms with Gasteiger partial charge in [0.1, 0.15) is 10.6 Å². The molecule has 0 amide bonds. The van der Waals surface area contributed by atoms with Crippen molar-refractivity contribution < 1.29 is 4.39 Å². The average Bonchev–Trinajstić information content (AvgIpc) is 3.06. The van der Waals surface area contributed by atoms with E-state index in [0.717, 1.165) is 23.3 Å². The lowest BCUT2D eigenvalue weighted by Gasteiger charge is -2.10. The van der Waals surface area contributed by atoms with Crippen molar-refractivity contribution >= 4 is 33.3 Å². The van der Waals surface area contributed by atoms with Crippen LogP contribution in [0, 0.1) is 17.1 Å². The molecule has 0 N–H and O–H groups in total. The molecule has 0 aliphatic heterocycles. The van der Waals surface area contributed by atoms with E-state index in [-0.39, 0.29) is 11.4 Å². The van der Waals surface area contributed by atoms with Gasteiger partial charge in [-0.25, -0.2) is 9.37 Å². The average molecular weight is 385 g/mol. The van der Waals surface area contributed by atoms with Gasteiger partial charge in [0.05, 0.1) is 11.5 Å². The summed E-state index contributed by atoms with van der Waals surface area (Å²) in [5, 5.41) is 11.7. The number of hydrogen-bond acceptors (Lipinski definition) is 5. The molecule has 0 aliphatic carbocycles. The Morgan fingerprint density at radius 2 is 2.15 bits per heavy atom. The zero-order valence-corrected chi connectivity index (χ0v) is 15.6. The number of benzene rings is 1. The molecule has 0 spiro atoms. The molecule has 1 aromatic carbocycles. The van der Waals surface area contributed by atoms with E-state index < -0.39 is 0 Å². The first-order chi connectivity index (χ1) is 12.7. The molecular formula is C19H16FN3OS2. The molecule has 0 radical (unpaired) electrons. The van der Waals surface area contributed by atoms with Crippen LogP contribution in [0.4, 0.5) is 4.39 Å². The molecule has 2 heterocycles. The van der Waals surface area contributed by atoms with Crippen molar-refractivity contribution in [1.82, 2.24) is 9.55 Å². The highest BCUT2D eigenvalue weighted by Crippen LogP contribution is 2.32. The summed E-state index contributed by atoms with van der Waals surface area (Å²) in [4.78, 5) is 18.4. The van der Waals surface area contributed by atoms with Gasteiger partial charge >= 0.3 is 0 Å². The number of halogens is 1. The molecule has 0 fully saturated rings. The lowest BCUT2D eigenvalue weighted by atomic mass is 10.1. The summed E-state index contributed by atoms with van der Waals surface area (Å²) in [6.45, 7) is 4.09. The van der Waals surface area contributed by atoms with Gasteiger partial charge in [0, 0.05) is 29.7 Å². The molecule has 0 bridgehead atoms. The number of fused-ring (bicyclic) bond motifs is 1. The highest BCUT2D eigenvalue weighted by molar-refractivity contribution is 7.99. The summed E-state index contributed by atoms with van der Waals surface area (Å²) in [5.41, 5.74) is 1.43. The van der Waals surface area contributed by atoms with Gasteiger partial charge in [0.15, 0.2) is 5.16 Å². The van der Waals surface area contributed by atoms with Crippen LogP contribution >= 0.6 is 23.1 Å². The minimum absolute atomic E-state index is 0.127. The molecule has 26 heavy (non-hydrogen) atoms. The Balaban J connectivity index is 2.08. The van der Waals surface area contributed by atoms with Gasteiger partial charge in [-0.2, -0.15) is 5.26 Å². The lowest BCUT2D eigenvalue weighted by Crippen LogP contribution is -2.22. The molecule has 0 unspecified atom stereocenters. The van der Waals surface area contributed by atoms with Crippen molar-refractivity contribution in [2.24, 2.45) is 0 Å². The zero-order valence-electron chi connectivity index (χ0n) is 13.9. The summed E-state index contributed by atoms with van der Waals surface area (Å²) in [6.07, 6.45) is 2.89. The maximum Gasteiger partial charge on any atom is 0.263 e. The molecule has 0 atom stereocenters. The van der Waals surface area contributed by atoms with Crippen LogP contribution in [-0.2, 0) is 6.54 Å². The monoisotopic (exact) mass is 385 g/mol. The number of nitriles is 1. The van der Waals surface area contributed by atoms with Crippen LogP contribution in [-0.4, -0.2) is 15.3 Å². The van der Waals surface area contributed by atoms with Gasteiger partial charge in [-0.05, 0) is 24.1 Å². The van der Waals surface area contributed by atoms with E-state index in [0.29, 0.717) is 28.3 Å². The van der Waals surface area contributed by atoms with Gasteiger partial charge in [-0.1, -0.05) is 30.0 Å². The maximum absolute atomic E-state index is 13.2. The summed E-state index contributed by atoms with van der Waals surface area (Å²) in [5.74, 6) is 0.408. The molecule has 3 aromatic rings. The highest BCUT2D eigenvalue weighted by Gasteiger charge is 2.17. The number of unbranched alkanes of at least 4 members (excludes halogenated alkanes) is 1. The SMILES string of the molecule is C=CCn1c(SCCCC#N)nc2scc(-c3ccc(F)cc3)c2c1=O. The zero-order chi connectivity index (χ0) is 18.5. The van der Waals surface area contributed by atoms with Gasteiger partial charge in [0.2, 0.25) is 0 Å². The smallest absolute Gasteiger partial charge is 0.263 e. The van der Waals surface area contributed by atoms with Crippen molar-refractivity contribution in [2.75, 3.05) is 5.75 Å². The molecule has 3 rings (SSSR count). The van der Waals surface area contributed by atoms with Gasteiger partial charge < -0.3 is 0 Å². The predicted octanol–water partition coefficient (Wildman–Crippen LogP) is 4.85. The fourth-order valence-electron chi connectivity index (χ4n) is 2.56. The molecule has 0 saturated carbocycles. The molecular weight excluding hydrogens is 369 g/mol. The molecule has 0 saturated heterocycles. The Labute approximate surface area is 158 Å². The molecule has 7 heteroatoms. The second-order valence-corrected chi connectivity index (χ2v) is 7.47. The first-order valence-electron chi connectivity index (χ1n) is 8.04. The van der Waals surface area contributed by atoms with Gasteiger partial charge in [-0.3, -0.25) is 9.36 Å². The third-order valence-electron chi connectivity index (χ3n) is 3.79. The van der Waals surface area contributed by atoms with E-state index in [2.05, 4.69) is 17.6 Å². The Morgan fingerprint density at radius 1 is 1.38 bits per heavy atom. The maximum atomic E-state index is 13.2. The Hall–Kier alpha value is -2.43. The Kier molecular flexibility index (Phi) is 5.86. The van der Waals surface area contributed by atoms with Crippen molar-refractivity contribution in [2.45, 2.75) is 24.5 Å². The van der Waals surface area contributed by atoms with Crippen LogP contribution in [0.2, 0.25) is 0 Å². The second kappa shape index (κ2) is 8.30. The van der Waals surface area contributed by atoms with Crippen LogP contribution in [0.5, 0.6) is 0 Å². The fourth-order valence-corrected chi connectivity index (χ4v) is 4.50. The lowest BCUT2D eigenvalue weighted by molar-refractivity contribution is 0.628. The van der Waals surface area contributed by atoms with E-state index in [1.807, 2.05) is 5.38 Å². The first kappa shape index (κ1) is 18.4. The van der Waals surface area contributed by atoms with Crippen molar-refractivity contribution in [3.8, 4) is 17.2 Å². The van der Waals surface area contributed by atoms with E-state index in [4.69, 9.17) is 5.26 Å². The number of allylic oxidation sites excluding steroid dienone is 1. The predicted molar refractivity (Wildman–Crippen MR) is 105 cm³/mol. The van der Waals surface area contributed by atoms with E-state index >= 15 is 0 Å². The summed E-state index contributed by atoms with van der Waals surface area (Å²) in [7, 11) is 0. The third-order valence-corrected chi connectivity index (χ3v) is 5.72. The minimum Gasteiger partial charge on any atom is -0.283 e. The number of thioether (sulfide) groups is 1.